The SMILES string of the molecule is CCCCNC(=NC)NCc1csc(C(C)C)n1.I. The van der Waals surface area contributed by atoms with Gasteiger partial charge in [0.15, 0.2) is 5.96 Å². The minimum Gasteiger partial charge on any atom is -0.356 e. The molecule has 0 saturated carbocycles. The van der Waals surface area contributed by atoms with E-state index in [2.05, 4.69) is 46.8 Å². The van der Waals surface area contributed by atoms with Crippen LogP contribution in [0, 0.1) is 0 Å². The number of halogens is 1. The molecule has 1 rings (SSSR count). The van der Waals surface area contributed by atoms with E-state index in [4.69, 9.17) is 0 Å². The molecule has 0 bridgehead atoms. The molecule has 1 aromatic rings. The average molecular weight is 396 g/mol. The van der Waals surface area contributed by atoms with Crippen molar-refractivity contribution in [2.75, 3.05) is 13.6 Å². The third kappa shape index (κ3) is 7.10. The van der Waals surface area contributed by atoms with Gasteiger partial charge in [-0.15, -0.1) is 35.3 Å². The second-order valence-electron chi connectivity index (χ2n) is 4.54. The summed E-state index contributed by atoms with van der Waals surface area (Å²) in [6, 6.07) is 0. The Labute approximate surface area is 137 Å². The second kappa shape index (κ2) is 10.4. The molecule has 0 saturated heterocycles. The van der Waals surface area contributed by atoms with Gasteiger partial charge in [-0.05, 0) is 6.42 Å². The molecular formula is C13H25IN4S. The first-order valence-corrected chi connectivity index (χ1v) is 7.44. The fourth-order valence-electron chi connectivity index (χ4n) is 1.45. The Balaban J connectivity index is 0.00000324. The quantitative estimate of drug-likeness (QED) is 0.336. The Morgan fingerprint density at radius 3 is 2.68 bits per heavy atom. The van der Waals surface area contributed by atoms with E-state index in [1.165, 1.54) is 11.4 Å². The van der Waals surface area contributed by atoms with Crippen LogP contribution in [0.3, 0.4) is 0 Å². The van der Waals surface area contributed by atoms with E-state index in [0.29, 0.717) is 5.92 Å². The van der Waals surface area contributed by atoms with Gasteiger partial charge in [0.1, 0.15) is 0 Å². The lowest BCUT2D eigenvalue weighted by Crippen LogP contribution is -2.37. The van der Waals surface area contributed by atoms with Gasteiger partial charge in [0, 0.05) is 24.9 Å². The number of hydrogen-bond donors (Lipinski definition) is 2. The van der Waals surface area contributed by atoms with E-state index in [9.17, 15) is 0 Å². The molecule has 0 spiro atoms. The molecule has 0 aliphatic rings. The number of nitrogens with zero attached hydrogens (tertiary/aromatic N) is 2. The number of rotatable bonds is 6. The standard InChI is InChI=1S/C13H24N4S.HI/c1-5-6-7-15-13(14-4)16-8-11-9-18-12(17-11)10(2)3;/h9-10H,5-8H2,1-4H3,(H2,14,15,16);1H. The molecule has 0 aliphatic carbocycles. The highest BCUT2D eigenvalue weighted by Gasteiger charge is 2.06. The van der Waals surface area contributed by atoms with E-state index >= 15 is 0 Å². The molecule has 0 amide bonds. The summed E-state index contributed by atoms with van der Waals surface area (Å²) in [6.45, 7) is 8.21. The number of aliphatic imine (C=N–C) groups is 1. The van der Waals surface area contributed by atoms with Gasteiger partial charge in [-0.3, -0.25) is 4.99 Å². The lowest BCUT2D eigenvalue weighted by Gasteiger charge is -2.10. The van der Waals surface area contributed by atoms with Gasteiger partial charge in [0.25, 0.3) is 0 Å². The first-order valence-electron chi connectivity index (χ1n) is 6.56. The van der Waals surface area contributed by atoms with Crippen molar-refractivity contribution in [2.24, 2.45) is 4.99 Å². The molecule has 0 unspecified atom stereocenters. The minimum absolute atomic E-state index is 0. The highest BCUT2D eigenvalue weighted by molar-refractivity contribution is 14.0. The van der Waals surface area contributed by atoms with Gasteiger partial charge < -0.3 is 10.6 Å². The summed E-state index contributed by atoms with van der Waals surface area (Å²) in [4.78, 5) is 8.77. The normalized spacial score (nSPS) is 11.3. The van der Waals surface area contributed by atoms with Gasteiger partial charge in [0.05, 0.1) is 17.2 Å². The first kappa shape index (κ1) is 18.6. The zero-order chi connectivity index (χ0) is 13.4. The maximum atomic E-state index is 4.59. The Kier molecular flexibility index (Phi) is 10.2. The lowest BCUT2D eigenvalue weighted by molar-refractivity contribution is 0.724. The maximum Gasteiger partial charge on any atom is 0.191 e. The van der Waals surface area contributed by atoms with Crippen molar-refractivity contribution in [3.8, 4) is 0 Å². The highest BCUT2D eigenvalue weighted by Crippen LogP contribution is 2.18. The molecule has 2 N–H and O–H groups in total. The van der Waals surface area contributed by atoms with E-state index in [0.717, 1.165) is 31.2 Å². The second-order valence-corrected chi connectivity index (χ2v) is 5.43. The largest absolute Gasteiger partial charge is 0.356 e. The predicted molar refractivity (Wildman–Crippen MR) is 94.7 cm³/mol. The Morgan fingerprint density at radius 1 is 1.42 bits per heavy atom. The monoisotopic (exact) mass is 396 g/mol. The zero-order valence-corrected chi connectivity index (χ0v) is 15.3. The van der Waals surface area contributed by atoms with Crippen molar-refractivity contribution in [3.63, 3.8) is 0 Å². The summed E-state index contributed by atoms with van der Waals surface area (Å²) in [5, 5.41) is 9.87. The molecule has 6 heteroatoms. The summed E-state index contributed by atoms with van der Waals surface area (Å²) < 4.78 is 0. The van der Waals surface area contributed by atoms with E-state index < -0.39 is 0 Å². The smallest absolute Gasteiger partial charge is 0.191 e. The average Bonchev–Trinajstić information content (AvgIpc) is 2.82. The van der Waals surface area contributed by atoms with Gasteiger partial charge in [0.2, 0.25) is 0 Å². The molecule has 1 heterocycles. The summed E-state index contributed by atoms with van der Waals surface area (Å²) in [5.74, 6) is 1.35. The van der Waals surface area contributed by atoms with Crippen molar-refractivity contribution >= 4 is 41.3 Å². The third-order valence-electron chi connectivity index (χ3n) is 2.55. The van der Waals surface area contributed by atoms with Crippen LogP contribution in [-0.2, 0) is 6.54 Å². The van der Waals surface area contributed by atoms with Gasteiger partial charge in [-0.25, -0.2) is 4.98 Å². The van der Waals surface area contributed by atoms with Gasteiger partial charge in [-0.2, -0.15) is 0 Å². The Hall–Kier alpha value is -0.370. The Bertz CT molecular complexity index is 376. The molecular weight excluding hydrogens is 371 g/mol. The molecule has 1 aromatic heterocycles. The van der Waals surface area contributed by atoms with Gasteiger partial charge in [-0.1, -0.05) is 27.2 Å². The van der Waals surface area contributed by atoms with Crippen molar-refractivity contribution < 1.29 is 0 Å². The van der Waals surface area contributed by atoms with E-state index in [-0.39, 0.29) is 24.0 Å². The Morgan fingerprint density at radius 2 is 2.16 bits per heavy atom. The minimum atomic E-state index is 0. The van der Waals surface area contributed by atoms with Crippen LogP contribution in [-0.4, -0.2) is 24.5 Å². The number of hydrogen-bond acceptors (Lipinski definition) is 3. The lowest BCUT2D eigenvalue weighted by atomic mass is 10.2. The molecule has 0 atom stereocenters. The fraction of sp³-hybridized carbons (Fsp3) is 0.692. The highest BCUT2D eigenvalue weighted by atomic mass is 127. The number of guanidine groups is 1. The van der Waals surface area contributed by atoms with E-state index in [1.807, 2.05) is 0 Å². The van der Waals surface area contributed by atoms with Crippen LogP contribution in [0.4, 0.5) is 0 Å². The predicted octanol–water partition coefficient (Wildman–Crippen LogP) is 3.35. The zero-order valence-electron chi connectivity index (χ0n) is 12.2. The number of unbranched alkanes of at least 4 members (excludes halogenated alkanes) is 1. The molecule has 110 valence electrons. The summed E-state index contributed by atoms with van der Waals surface area (Å²) in [6.07, 6.45) is 2.35. The van der Waals surface area contributed by atoms with Crippen molar-refractivity contribution in [3.05, 3.63) is 16.1 Å². The fourth-order valence-corrected chi connectivity index (χ4v) is 2.28. The van der Waals surface area contributed by atoms with E-state index in [1.54, 1.807) is 18.4 Å². The first-order chi connectivity index (χ1) is 8.67. The van der Waals surface area contributed by atoms with Crippen LogP contribution in [0.15, 0.2) is 10.4 Å². The summed E-state index contributed by atoms with van der Waals surface area (Å²) in [7, 11) is 1.79. The molecule has 0 aliphatic heterocycles. The number of aromatic nitrogens is 1. The third-order valence-corrected chi connectivity index (χ3v) is 3.74. The topological polar surface area (TPSA) is 49.3 Å². The molecule has 0 radical (unpaired) electrons. The molecule has 19 heavy (non-hydrogen) atoms. The maximum absolute atomic E-state index is 4.59. The van der Waals surface area contributed by atoms with Crippen molar-refractivity contribution in [2.45, 2.75) is 46.1 Å². The van der Waals surface area contributed by atoms with Crippen LogP contribution in [0.1, 0.15) is 50.2 Å². The van der Waals surface area contributed by atoms with Crippen molar-refractivity contribution in [1.82, 2.24) is 15.6 Å². The van der Waals surface area contributed by atoms with Crippen molar-refractivity contribution in [1.29, 1.82) is 0 Å². The number of thiazole rings is 1. The molecule has 0 aromatic carbocycles. The number of nitrogens with one attached hydrogen (secondary N) is 2. The molecule has 4 nitrogen and oxygen atoms in total. The molecule has 0 fully saturated rings. The van der Waals surface area contributed by atoms with Crippen LogP contribution < -0.4 is 10.6 Å². The van der Waals surface area contributed by atoms with Crippen LogP contribution in [0.25, 0.3) is 0 Å². The summed E-state index contributed by atoms with van der Waals surface area (Å²) >= 11 is 1.73. The van der Waals surface area contributed by atoms with Crippen LogP contribution in [0.2, 0.25) is 0 Å². The van der Waals surface area contributed by atoms with Crippen LogP contribution in [0.5, 0.6) is 0 Å². The van der Waals surface area contributed by atoms with Crippen LogP contribution >= 0.6 is 35.3 Å². The van der Waals surface area contributed by atoms with Gasteiger partial charge >= 0.3 is 0 Å². The summed E-state index contributed by atoms with van der Waals surface area (Å²) in [5.41, 5.74) is 1.09.